The standard InChI is InChI=1S/C20H17ClF3N3O/c1-3-13-6-4-5-12(2)18(13)26-11-14(10-25)19(28)27-15-7-8-17(21)16(9-15)20(22,23)24/h4-9,11,26H,3H2,1-2H3,(H,27,28)/b14-11-. The van der Waals surface area contributed by atoms with Gasteiger partial charge < -0.3 is 10.6 Å². The molecule has 0 aliphatic heterocycles. The summed E-state index contributed by atoms with van der Waals surface area (Å²) in [6.07, 6.45) is -2.68. The van der Waals surface area contributed by atoms with Crippen LogP contribution in [0.25, 0.3) is 0 Å². The van der Waals surface area contributed by atoms with Gasteiger partial charge in [0.2, 0.25) is 0 Å². The van der Waals surface area contributed by atoms with Gasteiger partial charge >= 0.3 is 6.18 Å². The Morgan fingerprint density at radius 3 is 2.61 bits per heavy atom. The van der Waals surface area contributed by atoms with Crippen molar-refractivity contribution in [2.75, 3.05) is 10.6 Å². The first-order chi connectivity index (χ1) is 13.2. The van der Waals surface area contributed by atoms with Crippen molar-refractivity contribution in [3.63, 3.8) is 0 Å². The highest BCUT2D eigenvalue weighted by atomic mass is 35.5. The van der Waals surface area contributed by atoms with E-state index in [-0.39, 0.29) is 11.3 Å². The number of amides is 1. The molecule has 0 saturated carbocycles. The second-order valence-corrected chi connectivity index (χ2v) is 6.33. The SMILES string of the molecule is CCc1cccc(C)c1N/C=C(/C#N)C(=O)Nc1ccc(Cl)c(C(F)(F)F)c1. The minimum atomic E-state index is -4.66. The molecule has 2 aromatic rings. The van der Waals surface area contributed by atoms with E-state index >= 15 is 0 Å². The molecule has 2 aromatic carbocycles. The van der Waals surface area contributed by atoms with E-state index < -0.39 is 22.7 Å². The number of carbonyl (C=O) groups is 1. The Labute approximate surface area is 165 Å². The minimum Gasteiger partial charge on any atom is -0.360 e. The van der Waals surface area contributed by atoms with Gasteiger partial charge in [-0.05, 0) is 42.7 Å². The Kier molecular flexibility index (Phi) is 6.71. The van der Waals surface area contributed by atoms with Crippen molar-refractivity contribution in [2.24, 2.45) is 0 Å². The van der Waals surface area contributed by atoms with Crippen LogP contribution in [0.1, 0.15) is 23.6 Å². The molecule has 0 unspecified atom stereocenters. The summed E-state index contributed by atoms with van der Waals surface area (Å²) in [5.41, 5.74) is 1.24. The first-order valence-electron chi connectivity index (χ1n) is 8.30. The molecule has 1 amide bonds. The zero-order valence-corrected chi connectivity index (χ0v) is 15.9. The Hall–Kier alpha value is -2.98. The summed E-state index contributed by atoms with van der Waals surface area (Å²) < 4.78 is 38.8. The fraction of sp³-hybridized carbons (Fsp3) is 0.200. The highest BCUT2D eigenvalue weighted by Crippen LogP contribution is 2.36. The summed E-state index contributed by atoms with van der Waals surface area (Å²) in [6, 6.07) is 10.4. The van der Waals surface area contributed by atoms with Crippen LogP contribution in [-0.2, 0) is 17.4 Å². The number of hydrogen-bond donors (Lipinski definition) is 2. The number of rotatable bonds is 5. The quantitative estimate of drug-likeness (QED) is 0.494. The highest BCUT2D eigenvalue weighted by Gasteiger charge is 2.33. The number of nitrogens with zero attached hydrogens (tertiary/aromatic N) is 1. The average Bonchev–Trinajstić information content (AvgIpc) is 2.63. The molecule has 2 N–H and O–H groups in total. The van der Waals surface area contributed by atoms with E-state index in [0.29, 0.717) is 0 Å². The predicted molar refractivity (Wildman–Crippen MR) is 103 cm³/mol. The second kappa shape index (κ2) is 8.81. The molecule has 0 radical (unpaired) electrons. The lowest BCUT2D eigenvalue weighted by Crippen LogP contribution is -2.16. The molecule has 4 nitrogen and oxygen atoms in total. The van der Waals surface area contributed by atoms with Gasteiger partial charge in [0.1, 0.15) is 11.6 Å². The van der Waals surface area contributed by atoms with Gasteiger partial charge in [0.25, 0.3) is 5.91 Å². The number of carbonyl (C=O) groups excluding carboxylic acids is 1. The van der Waals surface area contributed by atoms with Crippen LogP contribution in [0.4, 0.5) is 24.5 Å². The molecule has 0 heterocycles. The summed E-state index contributed by atoms with van der Waals surface area (Å²) in [4.78, 5) is 12.3. The third-order valence-electron chi connectivity index (χ3n) is 4.00. The number of aryl methyl sites for hydroxylation is 2. The number of alkyl halides is 3. The summed E-state index contributed by atoms with van der Waals surface area (Å²) in [5.74, 6) is -0.836. The molecule has 0 fully saturated rings. The maximum Gasteiger partial charge on any atom is 0.417 e. The zero-order chi connectivity index (χ0) is 20.9. The first-order valence-corrected chi connectivity index (χ1v) is 8.68. The fourth-order valence-corrected chi connectivity index (χ4v) is 2.77. The Morgan fingerprint density at radius 1 is 1.29 bits per heavy atom. The molecule has 2 rings (SSSR count). The van der Waals surface area contributed by atoms with E-state index in [0.717, 1.165) is 35.4 Å². The van der Waals surface area contributed by atoms with E-state index in [1.807, 2.05) is 32.0 Å². The van der Waals surface area contributed by atoms with Crippen LogP contribution in [0.5, 0.6) is 0 Å². The zero-order valence-electron chi connectivity index (χ0n) is 15.1. The number of nitrogens with one attached hydrogen (secondary N) is 2. The van der Waals surface area contributed by atoms with Crippen molar-refractivity contribution < 1.29 is 18.0 Å². The molecule has 0 spiro atoms. The monoisotopic (exact) mass is 407 g/mol. The van der Waals surface area contributed by atoms with Gasteiger partial charge in [0.15, 0.2) is 0 Å². The van der Waals surface area contributed by atoms with Gasteiger partial charge in [-0.25, -0.2) is 0 Å². The average molecular weight is 408 g/mol. The fourth-order valence-electron chi connectivity index (χ4n) is 2.54. The first kappa shape index (κ1) is 21.3. The Bertz CT molecular complexity index is 962. The van der Waals surface area contributed by atoms with Crippen LogP contribution in [0, 0.1) is 18.3 Å². The molecule has 146 valence electrons. The van der Waals surface area contributed by atoms with E-state index in [9.17, 15) is 23.2 Å². The number of hydrogen-bond acceptors (Lipinski definition) is 3. The lowest BCUT2D eigenvalue weighted by atomic mass is 10.1. The molecule has 8 heteroatoms. The maximum absolute atomic E-state index is 12.9. The predicted octanol–water partition coefficient (Wildman–Crippen LogP) is 5.69. The van der Waals surface area contributed by atoms with Crippen LogP contribution in [0.2, 0.25) is 5.02 Å². The molecule has 0 aliphatic carbocycles. The summed E-state index contributed by atoms with van der Waals surface area (Å²) in [5, 5.41) is 14.0. The number of halogens is 4. The van der Waals surface area contributed by atoms with Crippen LogP contribution in [0.3, 0.4) is 0 Å². The highest BCUT2D eigenvalue weighted by molar-refractivity contribution is 6.31. The summed E-state index contributed by atoms with van der Waals surface area (Å²) >= 11 is 5.56. The van der Waals surface area contributed by atoms with Crippen molar-refractivity contribution in [2.45, 2.75) is 26.4 Å². The molecule has 0 bridgehead atoms. The minimum absolute atomic E-state index is 0.118. The number of nitriles is 1. The Morgan fingerprint density at radius 2 is 2.00 bits per heavy atom. The van der Waals surface area contributed by atoms with Gasteiger partial charge in [-0.3, -0.25) is 4.79 Å². The molecule has 0 aliphatic rings. The molecule has 0 aromatic heterocycles. The summed E-state index contributed by atoms with van der Waals surface area (Å²) in [7, 11) is 0. The van der Waals surface area contributed by atoms with Gasteiger partial charge in [-0.15, -0.1) is 0 Å². The maximum atomic E-state index is 12.9. The van der Waals surface area contributed by atoms with Crippen molar-refractivity contribution in [1.29, 1.82) is 5.26 Å². The van der Waals surface area contributed by atoms with Gasteiger partial charge in [0, 0.05) is 17.6 Å². The van der Waals surface area contributed by atoms with Crippen molar-refractivity contribution in [1.82, 2.24) is 0 Å². The van der Waals surface area contributed by atoms with Crippen molar-refractivity contribution in [3.05, 3.63) is 69.9 Å². The number of benzene rings is 2. The van der Waals surface area contributed by atoms with E-state index in [1.54, 1.807) is 6.07 Å². The number of anilines is 2. The molecule has 28 heavy (non-hydrogen) atoms. The topological polar surface area (TPSA) is 64.9 Å². The van der Waals surface area contributed by atoms with Crippen molar-refractivity contribution in [3.8, 4) is 6.07 Å². The number of para-hydroxylation sites is 1. The van der Waals surface area contributed by atoms with Gasteiger partial charge in [-0.1, -0.05) is 36.7 Å². The van der Waals surface area contributed by atoms with Crippen molar-refractivity contribution >= 4 is 28.9 Å². The summed E-state index contributed by atoms with van der Waals surface area (Å²) in [6.45, 7) is 3.86. The molecule has 0 saturated heterocycles. The third-order valence-corrected chi connectivity index (χ3v) is 4.33. The van der Waals surface area contributed by atoms with E-state index in [1.165, 1.54) is 12.3 Å². The lowest BCUT2D eigenvalue weighted by molar-refractivity contribution is -0.137. The van der Waals surface area contributed by atoms with Crippen LogP contribution < -0.4 is 10.6 Å². The van der Waals surface area contributed by atoms with Crippen LogP contribution in [-0.4, -0.2) is 5.91 Å². The molecular formula is C20H17ClF3N3O. The second-order valence-electron chi connectivity index (χ2n) is 5.92. The largest absolute Gasteiger partial charge is 0.417 e. The van der Waals surface area contributed by atoms with E-state index in [2.05, 4.69) is 10.6 Å². The van der Waals surface area contributed by atoms with Crippen LogP contribution in [0.15, 0.2) is 48.2 Å². The normalized spacial score (nSPS) is 11.7. The Balaban J connectivity index is 2.24. The lowest BCUT2D eigenvalue weighted by Gasteiger charge is -2.13. The molecule has 0 atom stereocenters. The van der Waals surface area contributed by atoms with E-state index in [4.69, 9.17) is 11.6 Å². The van der Waals surface area contributed by atoms with Crippen LogP contribution >= 0.6 is 11.6 Å². The van der Waals surface area contributed by atoms with Gasteiger partial charge in [-0.2, -0.15) is 18.4 Å². The smallest absolute Gasteiger partial charge is 0.360 e. The third kappa shape index (κ3) is 5.05. The molecular weight excluding hydrogens is 391 g/mol. The van der Waals surface area contributed by atoms with Gasteiger partial charge in [0.05, 0.1) is 10.6 Å².